The summed E-state index contributed by atoms with van der Waals surface area (Å²) in [5, 5.41) is 11.8. The van der Waals surface area contributed by atoms with Crippen LogP contribution in [0, 0.1) is 46.3 Å². The molecule has 4 heteroatoms. The monoisotopic (exact) mass is 458 g/mol. The van der Waals surface area contributed by atoms with Crippen molar-refractivity contribution in [2.75, 3.05) is 6.61 Å². The minimum atomic E-state index is -0.335. The Morgan fingerprint density at radius 3 is 2.64 bits per heavy atom. The number of aliphatic hydroxyl groups is 1. The average molecular weight is 459 g/mol. The first-order valence-corrected chi connectivity index (χ1v) is 13.8. The molecule has 4 aliphatic rings. The molecule has 0 spiro atoms. The van der Waals surface area contributed by atoms with Gasteiger partial charge in [0.15, 0.2) is 5.78 Å². The summed E-state index contributed by atoms with van der Waals surface area (Å²) in [6.07, 6.45) is 11.4. The second-order valence-corrected chi connectivity index (χ2v) is 12.2. The highest BCUT2D eigenvalue weighted by Crippen LogP contribution is 2.68. The number of fused-ring (bicyclic) bond motifs is 5. The highest BCUT2D eigenvalue weighted by atomic mass is 16.5. The maximum Gasteiger partial charge on any atom is 0.305 e. The first kappa shape index (κ1) is 24.9. The number of carbonyl (C=O) groups is 2. The number of hydrogen-bond acceptors (Lipinski definition) is 4. The summed E-state index contributed by atoms with van der Waals surface area (Å²) in [5.74, 6) is 2.76. The molecule has 0 aliphatic heterocycles. The maximum absolute atomic E-state index is 12.4. The van der Waals surface area contributed by atoms with E-state index in [-0.39, 0.29) is 34.6 Å². The lowest BCUT2D eigenvalue weighted by atomic mass is 9.43. The molecule has 0 aromatic carbocycles. The van der Waals surface area contributed by atoms with Crippen LogP contribution in [-0.2, 0) is 14.3 Å². The maximum atomic E-state index is 12.4. The molecule has 33 heavy (non-hydrogen) atoms. The molecule has 4 rings (SSSR count). The molecule has 186 valence electrons. The van der Waals surface area contributed by atoms with Crippen LogP contribution in [0.5, 0.6) is 0 Å². The fourth-order valence-corrected chi connectivity index (χ4v) is 9.13. The van der Waals surface area contributed by atoms with Gasteiger partial charge in [0.2, 0.25) is 0 Å². The Morgan fingerprint density at radius 2 is 1.94 bits per heavy atom. The summed E-state index contributed by atoms with van der Waals surface area (Å²) in [6, 6.07) is 0. The molecular formula is C29H46O4. The van der Waals surface area contributed by atoms with Crippen LogP contribution < -0.4 is 0 Å². The number of aliphatic hydroxyl groups excluding tert-OH is 1. The molecule has 0 aromatic heterocycles. The van der Waals surface area contributed by atoms with E-state index in [1.807, 2.05) is 13.0 Å². The van der Waals surface area contributed by atoms with Crippen LogP contribution in [0.25, 0.3) is 0 Å². The van der Waals surface area contributed by atoms with Crippen LogP contribution in [0.4, 0.5) is 0 Å². The normalized spacial score (nSPS) is 43.2. The molecule has 4 aliphatic carbocycles. The van der Waals surface area contributed by atoms with Gasteiger partial charge in [0.1, 0.15) is 0 Å². The summed E-state index contributed by atoms with van der Waals surface area (Å²) in [5.41, 5.74) is 1.57. The largest absolute Gasteiger partial charge is 0.466 e. The third-order valence-electron chi connectivity index (χ3n) is 10.7. The molecule has 1 N–H and O–H groups in total. The number of ketones is 1. The van der Waals surface area contributed by atoms with Gasteiger partial charge in [-0.15, -0.1) is 0 Å². The van der Waals surface area contributed by atoms with Gasteiger partial charge < -0.3 is 9.84 Å². The molecular weight excluding hydrogens is 412 g/mol. The number of rotatable bonds is 7. The predicted octanol–water partition coefficient (Wildman–Crippen LogP) is 6.11. The van der Waals surface area contributed by atoms with E-state index >= 15 is 0 Å². The van der Waals surface area contributed by atoms with E-state index in [1.165, 1.54) is 24.8 Å². The van der Waals surface area contributed by atoms with Crippen molar-refractivity contribution >= 4 is 11.8 Å². The first-order chi connectivity index (χ1) is 15.7. The summed E-state index contributed by atoms with van der Waals surface area (Å²) in [6.45, 7) is 11.8. The highest BCUT2D eigenvalue weighted by molar-refractivity contribution is 5.91. The minimum absolute atomic E-state index is 0.0621. The zero-order valence-electron chi connectivity index (χ0n) is 21.6. The van der Waals surface area contributed by atoms with Crippen LogP contribution in [0.3, 0.4) is 0 Å². The van der Waals surface area contributed by atoms with Crippen molar-refractivity contribution < 1.29 is 19.4 Å². The van der Waals surface area contributed by atoms with Crippen molar-refractivity contribution in [3.8, 4) is 0 Å². The zero-order chi connectivity index (χ0) is 24.0. The molecule has 0 saturated heterocycles. The smallest absolute Gasteiger partial charge is 0.305 e. The Labute approximate surface area is 200 Å². The van der Waals surface area contributed by atoms with Crippen molar-refractivity contribution in [1.29, 1.82) is 0 Å². The van der Waals surface area contributed by atoms with Gasteiger partial charge in [0.25, 0.3) is 0 Å². The molecule has 9 atom stereocenters. The molecule has 3 unspecified atom stereocenters. The van der Waals surface area contributed by atoms with Gasteiger partial charge in [-0.25, -0.2) is 0 Å². The van der Waals surface area contributed by atoms with Crippen LogP contribution in [0.2, 0.25) is 0 Å². The van der Waals surface area contributed by atoms with Crippen LogP contribution in [-0.4, -0.2) is 29.6 Å². The molecule has 0 amide bonds. The molecule has 0 bridgehead atoms. The van der Waals surface area contributed by atoms with Crippen molar-refractivity contribution in [2.45, 2.75) is 105 Å². The molecule has 3 fully saturated rings. The Balaban J connectivity index is 1.59. The van der Waals surface area contributed by atoms with Gasteiger partial charge in [-0.1, -0.05) is 39.7 Å². The van der Waals surface area contributed by atoms with Crippen molar-refractivity contribution in [3.05, 3.63) is 11.6 Å². The number of hydrogen-bond donors (Lipinski definition) is 1. The third-order valence-corrected chi connectivity index (χ3v) is 10.7. The van der Waals surface area contributed by atoms with E-state index in [0.717, 1.165) is 32.1 Å². The molecule has 4 nitrogen and oxygen atoms in total. The zero-order valence-corrected chi connectivity index (χ0v) is 21.6. The van der Waals surface area contributed by atoms with Crippen molar-refractivity contribution in [3.63, 3.8) is 0 Å². The van der Waals surface area contributed by atoms with E-state index in [2.05, 4.69) is 27.7 Å². The lowest BCUT2D eigenvalue weighted by molar-refractivity contribution is -0.144. The van der Waals surface area contributed by atoms with E-state index in [4.69, 9.17) is 4.74 Å². The van der Waals surface area contributed by atoms with Gasteiger partial charge in [0, 0.05) is 18.8 Å². The lowest BCUT2D eigenvalue weighted by Gasteiger charge is -2.62. The Kier molecular flexibility index (Phi) is 7.16. The second kappa shape index (κ2) is 9.47. The van der Waals surface area contributed by atoms with Crippen LogP contribution in [0.15, 0.2) is 11.6 Å². The Morgan fingerprint density at radius 1 is 1.18 bits per heavy atom. The van der Waals surface area contributed by atoms with Gasteiger partial charge in [-0.3, -0.25) is 9.59 Å². The summed E-state index contributed by atoms with van der Waals surface area (Å²) in [7, 11) is 0. The number of carbonyl (C=O) groups excluding carboxylic acids is 2. The molecule has 0 radical (unpaired) electrons. The van der Waals surface area contributed by atoms with Crippen molar-refractivity contribution in [1.82, 2.24) is 0 Å². The van der Waals surface area contributed by atoms with Gasteiger partial charge in [0.05, 0.1) is 12.7 Å². The quantitative estimate of drug-likeness (QED) is 0.467. The lowest BCUT2D eigenvalue weighted by Crippen LogP contribution is -2.58. The molecule has 0 aromatic rings. The predicted molar refractivity (Wildman–Crippen MR) is 130 cm³/mol. The van der Waals surface area contributed by atoms with Gasteiger partial charge >= 0.3 is 5.97 Å². The van der Waals surface area contributed by atoms with Gasteiger partial charge in [-0.2, -0.15) is 0 Å². The number of ether oxygens (including phenoxy) is 1. The summed E-state index contributed by atoms with van der Waals surface area (Å²) >= 11 is 0. The SMILES string of the molecule is CCC[C@H]1C2=CC(=O)CC[C@]2(C)C2CC[C@@]3(C)C(CC[C@@H]3[C@H](C)CCC(=O)OCC)C2[C@@H]1O. The third kappa shape index (κ3) is 4.13. The standard InChI is InChI=1S/C29H46O4/c1-6-8-20-24-17-19(30)13-15-29(24,5)23-14-16-28(4)21(10-11-22(28)26(23)27(20)32)18(3)9-12-25(31)33-7-2/h17-18,20-23,26-27,32H,6-16H2,1-5H3/t18-,20+,21-,22?,23?,26?,27-,28-,29-/m1/s1. The van der Waals surface area contributed by atoms with E-state index in [9.17, 15) is 14.7 Å². The molecule has 3 saturated carbocycles. The van der Waals surface area contributed by atoms with E-state index < -0.39 is 0 Å². The average Bonchev–Trinajstić information content (AvgIpc) is 3.13. The second-order valence-electron chi connectivity index (χ2n) is 12.2. The van der Waals surface area contributed by atoms with Gasteiger partial charge in [-0.05, 0) is 98.4 Å². The first-order valence-electron chi connectivity index (χ1n) is 13.8. The highest BCUT2D eigenvalue weighted by Gasteiger charge is 2.63. The fraction of sp³-hybridized carbons (Fsp3) is 0.862. The van der Waals surface area contributed by atoms with E-state index in [1.54, 1.807) is 0 Å². The van der Waals surface area contributed by atoms with Crippen molar-refractivity contribution in [2.24, 2.45) is 46.3 Å². The Hall–Kier alpha value is -1.16. The topological polar surface area (TPSA) is 63.6 Å². The minimum Gasteiger partial charge on any atom is -0.466 e. The summed E-state index contributed by atoms with van der Waals surface area (Å²) in [4.78, 5) is 24.3. The number of esters is 1. The fourth-order valence-electron chi connectivity index (χ4n) is 9.13. The molecule has 0 heterocycles. The van der Waals surface area contributed by atoms with E-state index in [0.29, 0.717) is 49.0 Å². The van der Waals surface area contributed by atoms with Crippen LogP contribution >= 0.6 is 0 Å². The summed E-state index contributed by atoms with van der Waals surface area (Å²) < 4.78 is 5.17. The Bertz CT molecular complexity index is 786. The van der Waals surface area contributed by atoms with Crippen LogP contribution in [0.1, 0.15) is 98.8 Å².